The molecule has 37 heavy (non-hydrogen) atoms. The van der Waals surface area contributed by atoms with Gasteiger partial charge < -0.3 is 15.0 Å². The van der Waals surface area contributed by atoms with Crippen LogP contribution in [-0.2, 0) is 26.2 Å². The number of hydrogen-bond donors (Lipinski definition) is 1. The summed E-state index contributed by atoms with van der Waals surface area (Å²) in [5.74, 6) is -1.05. The molecule has 0 aromatic heterocycles. The van der Waals surface area contributed by atoms with Gasteiger partial charge in [-0.2, -0.15) is 0 Å². The minimum absolute atomic E-state index is 0.00367. The predicted molar refractivity (Wildman–Crippen MR) is 141 cm³/mol. The fourth-order valence-electron chi connectivity index (χ4n) is 3.67. The number of anilines is 1. The van der Waals surface area contributed by atoms with E-state index in [0.29, 0.717) is 10.6 Å². The highest BCUT2D eigenvalue weighted by Gasteiger charge is 2.33. The number of nitro groups is 1. The van der Waals surface area contributed by atoms with Gasteiger partial charge in [0.05, 0.1) is 18.3 Å². The fourth-order valence-corrected chi connectivity index (χ4v) is 4.64. The molecule has 2 aromatic carbocycles. The maximum absolute atomic E-state index is 13.7. The zero-order valence-electron chi connectivity index (χ0n) is 21.3. The Bertz CT molecular complexity index is 1240. The summed E-state index contributed by atoms with van der Waals surface area (Å²) < 4.78 is 31.5. The number of ether oxygens (including phenoxy) is 1. The van der Waals surface area contributed by atoms with Crippen LogP contribution >= 0.6 is 11.6 Å². The lowest BCUT2D eigenvalue weighted by Crippen LogP contribution is -2.53. The number of nitrogens with zero attached hydrogens (tertiary/aromatic N) is 3. The van der Waals surface area contributed by atoms with E-state index in [1.807, 2.05) is 0 Å². The lowest BCUT2D eigenvalue weighted by atomic mass is 10.1. The summed E-state index contributed by atoms with van der Waals surface area (Å²) in [6, 6.07) is 9.06. The van der Waals surface area contributed by atoms with Gasteiger partial charge in [-0.15, -0.1) is 0 Å². The maximum atomic E-state index is 13.7. The molecule has 11 nitrogen and oxygen atoms in total. The van der Waals surface area contributed by atoms with Crippen LogP contribution in [0.4, 0.5) is 11.4 Å². The number of rotatable bonds is 12. The van der Waals surface area contributed by atoms with Crippen LogP contribution in [-0.4, -0.2) is 62.0 Å². The first-order chi connectivity index (χ1) is 17.3. The van der Waals surface area contributed by atoms with Gasteiger partial charge in [0.25, 0.3) is 5.69 Å². The van der Waals surface area contributed by atoms with E-state index >= 15 is 0 Å². The minimum Gasteiger partial charge on any atom is -0.495 e. The van der Waals surface area contributed by atoms with Gasteiger partial charge in [0.1, 0.15) is 24.0 Å². The molecule has 0 fully saturated rings. The van der Waals surface area contributed by atoms with Crippen LogP contribution in [0, 0.1) is 10.1 Å². The maximum Gasteiger partial charge on any atom is 0.271 e. The SMILES string of the molecule is CCC(C(=O)NC(C)C)N(Cc1ccc(Cl)cc1)C(=O)CN(c1cc([N+](=O)[O-])ccc1OC)S(C)(=O)=O. The average molecular weight is 555 g/mol. The number of methoxy groups -OCH3 is 1. The van der Waals surface area contributed by atoms with Crippen molar-refractivity contribution in [1.82, 2.24) is 10.2 Å². The quantitative estimate of drug-likeness (QED) is 0.313. The third kappa shape index (κ3) is 8.05. The van der Waals surface area contributed by atoms with E-state index in [2.05, 4.69) is 5.32 Å². The van der Waals surface area contributed by atoms with E-state index < -0.39 is 39.3 Å². The van der Waals surface area contributed by atoms with Gasteiger partial charge >= 0.3 is 0 Å². The Hall–Kier alpha value is -3.38. The van der Waals surface area contributed by atoms with Gasteiger partial charge in [-0.3, -0.25) is 24.0 Å². The van der Waals surface area contributed by atoms with E-state index in [9.17, 15) is 28.1 Å². The molecular weight excluding hydrogens is 524 g/mol. The molecular formula is C24H31ClN4O7S. The Labute approximate surface area is 221 Å². The molecule has 2 amide bonds. The Morgan fingerprint density at radius 2 is 1.78 bits per heavy atom. The van der Waals surface area contributed by atoms with Crippen LogP contribution in [0.15, 0.2) is 42.5 Å². The Morgan fingerprint density at radius 1 is 1.16 bits per heavy atom. The van der Waals surface area contributed by atoms with Crippen LogP contribution in [0.1, 0.15) is 32.8 Å². The van der Waals surface area contributed by atoms with Gasteiger partial charge in [0.15, 0.2) is 0 Å². The number of hydrogen-bond acceptors (Lipinski definition) is 7. The van der Waals surface area contributed by atoms with Gasteiger partial charge in [-0.25, -0.2) is 8.42 Å². The summed E-state index contributed by atoms with van der Waals surface area (Å²) in [5.41, 5.74) is 0.128. The molecule has 0 heterocycles. The highest BCUT2D eigenvalue weighted by molar-refractivity contribution is 7.92. The van der Waals surface area contributed by atoms with Crippen molar-refractivity contribution >= 4 is 44.8 Å². The molecule has 2 aromatic rings. The third-order valence-corrected chi connectivity index (χ3v) is 6.78. The van der Waals surface area contributed by atoms with Gasteiger partial charge in [0, 0.05) is 29.7 Å². The number of non-ortho nitro benzene ring substituents is 1. The number of benzene rings is 2. The highest BCUT2D eigenvalue weighted by atomic mass is 35.5. The minimum atomic E-state index is -4.11. The van der Waals surface area contributed by atoms with E-state index in [1.165, 1.54) is 24.1 Å². The van der Waals surface area contributed by atoms with Crippen molar-refractivity contribution in [3.8, 4) is 5.75 Å². The number of sulfonamides is 1. The van der Waals surface area contributed by atoms with Crippen LogP contribution < -0.4 is 14.4 Å². The highest BCUT2D eigenvalue weighted by Crippen LogP contribution is 2.34. The molecule has 0 aliphatic rings. The molecule has 13 heteroatoms. The summed E-state index contributed by atoms with van der Waals surface area (Å²) in [6.45, 7) is 4.61. The molecule has 0 bridgehead atoms. The smallest absolute Gasteiger partial charge is 0.271 e. The normalized spacial score (nSPS) is 12.1. The van der Waals surface area contributed by atoms with Crippen molar-refractivity contribution in [2.45, 2.75) is 45.8 Å². The topological polar surface area (TPSA) is 139 Å². The molecule has 2 rings (SSSR count). The zero-order chi connectivity index (χ0) is 27.9. The number of nitrogens with one attached hydrogen (secondary N) is 1. The fraction of sp³-hybridized carbons (Fsp3) is 0.417. The summed E-state index contributed by atoms with van der Waals surface area (Å²) >= 11 is 5.98. The van der Waals surface area contributed by atoms with Crippen molar-refractivity contribution in [3.05, 3.63) is 63.2 Å². The van der Waals surface area contributed by atoms with Crippen LogP contribution in [0.3, 0.4) is 0 Å². The number of carbonyl (C=O) groups excluding carboxylic acids is 2. The second kappa shape index (κ2) is 12.7. The molecule has 1 atom stereocenters. The molecule has 0 aliphatic carbocycles. The Kier molecular flexibility index (Phi) is 10.3. The third-order valence-electron chi connectivity index (χ3n) is 5.40. The molecule has 0 spiro atoms. The largest absolute Gasteiger partial charge is 0.495 e. The molecule has 0 saturated carbocycles. The first-order valence-corrected chi connectivity index (χ1v) is 13.7. The molecule has 1 unspecified atom stereocenters. The van der Waals surface area contributed by atoms with E-state index in [4.69, 9.17) is 16.3 Å². The lowest BCUT2D eigenvalue weighted by Gasteiger charge is -2.33. The Morgan fingerprint density at radius 3 is 2.27 bits per heavy atom. The predicted octanol–water partition coefficient (Wildman–Crippen LogP) is 3.35. The summed E-state index contributed by atoms with van der Waals surface area (Å²) in [7, 11) is -2.83. The average Bonchev–Trinajstić information content (AvgIpc) is 2.81. The summed E-state index contributed by atoms with van der Waals surface area (Å²) in [4.78, 5) is 38.6. The first kappa shape index (κ1) is 29.8. The molecule has 202 valence electrons. The summed E-state index contributed by atoms with van der Waals surface area (Å²) in [5, 5.41) is 14.6. The van der Waals surface area contributed by atoms with E-state index in [1.54, 1.807) is 45.0 Å². The molecule has 0 radical (unpaired) electrons. The zero-order valence-corrected chi connectivity index (χ0v) is 22.9. The van der Waals surface area contributed by atoms with Gasteiger partial charge in [0.2, 0.25) is 21.8 Å². The van der Waals surface area contributed by atoms with Gasteiger partial charge in [-0.1, -0.05) is 30.7 Å². The lowest BCUT2D eigenvalue weighted by molar-refractivity contribution is -0.384. The summed E-state index contributed by atoms with van der Waals surface area (Å²) in [6.07, 6.45) is 1.14. The number of halogens is 1. The van der Waals surface area contributed by atoms with Gasteiger partial charge in [-0.05, 0) is 44.0 Å². The van der Waals surface area contributed by atoms with Crippen LogP contribution in [0.25, 0.3) is 0 Å². The van der Waals surface area contributed by atoms with Crippen molar-refractivity contribution in [2.75, 3.05) is 24.2 Å². The van der Waals surface area contributed by atoms with E-state index in [0.717, 1.165) is 16.6 Å². The number of carbonyl (C=O) groups is 2. The van der Waals surface area contributed by atoms with Crippen molar-refractivity contribution < 1.29 is 27.7 Å². The van der Waals surface area contributed by atoms with Crippen molar-refractivity contribution in [3.63, 3.8) is 0 Å². The molecule has 1 N–H and O–H groups in total. The standard InChI is InChI=1S/C24H31ClN4O7S/c1-6-20(24(31)26-16(2)3)27(14-17-7-9-18(25)10-8-17)23(30)15-28(37(5,34)35)21-13-19(29(32)33)11-12-22(21)36-4/h7-13,16,20H,6,14-15H2,1-5H3,(H,26,31). The first-order valence-electron chi connectivity index (χ1n) is 11.4. The van der Waals surface area contributed by atoms with E-state index in [-0.39, 0.29) is 36.1 Å². The van der Waals surface area contributed by atoms with Crippen molar-refractivity contribution in [2.24, 2.45) is 0 Å². The van der Waals surface area contributed by atoms with Crippen LogP contribution in [0.2, 0.25) is 5.02 Å². The molecule has 0 saturated heterocycles. The van der Waals surface area contributed by atoms with Crippen molar-refractivity contribution in [1.29, 1.82) is 0 Å². The van der Waals surface area contributed by atoms with Crippen LogP contribution in [0.5, 0.6) is 5.75 Å². The number of nitro benzene ring substituents is 1. The second-order valence-electron chi connectivity index (χ2n) is 8.62. The Balaban J connectivity index is 2.55. The monoisotopic (exact) mass is 554 g/mol. The molecule has 0 aliphatic heterocycles. The number of amides is 2. The second-order valence-corrected chi connectivity index (χ2v) is 11.0.